The van der Waals surface area contributed by atoms with E-state index >= 15 is 0 Å². The highest BCUT2D eigenvalue weighted by Gasteiger charge is 1.85. The van der Waals surface area contributed by atoms with Crippen molar-refractivity contribution < 1.29 is 8.23 Å². The van der Waals surface area contributed by atoms with Gasteiger partial charge in [0.15, 0.2) is 0 Å². The molecule has 0 saturated heterocycles. The number of hydrogen-bond acceptors (Lipinski definition) is 4. The molecule has 0 spiro atoms. The second-order valence-corrected chi connectivity index (χ2v) is 7.02. The SMILES string of the molecule is CN[SiH2]O[SiH2]O[SiH2]NC. The smallest absolute Gasteiger partial charge is 0.284 e. The first-order chi connectivity index (χ1) is 4.41. The molecule has 0 rings (SSSR count). The van der Waals surface area contributed by atoms with Crippen LogP contribution < -0.4 is 9.96 Å². The van der Waals surface area contributed by atoms with E-state index in [1.165, 1.54) is 0 Å². The molecular formula is C2H14N2O2Si3. The fourth-order valence-corrected chi connectivity index (χ4v) is 4.18. The highest BCUT2D eigenvalue weighted by molar-refractivity contribution is 6.43. The molecule has 0 aliphatic heterocycles. The fourth-order valence-electron chi connectivity index (χ4n) is 0.346. The maximum absolute atomic E-state index is 5.22. The zero-order chi connectivity index (χ0) is 6.95. The van der Waals surface area contributed by atoms with Crippen molar-refractivity contribution in [2.45, 2.75) is 0 Å². The molecule has 0 aromatic rings. The summed E-state index contributed by atoms with van der Waals surface area (Å²) in [7, 11) is 2.36. The molecule has 0 heterocycles. The maximum atomic E-state index is 5.22. The van der Waals surface area contributed by atoms with Gasteiger partial charge >= 0.3 is 0 Å². The summed E-state index contributed by atoms with van der Waals surface area (Å²) in [5.41, 5.74) is 0. The Morgan fingerprint density at radius 2 is 1.44 bits per heavy atom. The minimum atomic E-state index is -0.612. The summed E-state index contributed by atoms with van der Waals surface area (Å²) in [5, 5.41) is 0. The van der Waals surface area contributed by atoms with Crippen LogP contribution in [0.4, 0.5) is 0 Å². The average molecular weight is 182 g/mol. The van der Waals surface area contributed by atoms with Crippen LogP contribution in [0.5, 0.6) is 0 Å². The Balaban J connectivity index is 2.60. The molecule has 0 unspecified atom stereocenters. The van der Waals surface area contributed by atoms with Crippen molar-refractivity contribution in [2.24, 2.45) is 0 Å². The molecule has 0 saturated carbocycles. The summed E-state index contributed by atoms with van der Waals surface area (Å²) in [6.45, 7) is 0. The lowest BCUT2D eigenvalue weighted by Gasteiger charge is -2.02. The van der Waals surface area contributed by atoms with E-state index in [9.17, 15) is 0 Å². The molecule has 0 atom stereocenters. The first-order valence-electron chi connectivity index (χ1n) is 2.86. The maximum Gasteiger partial charge on any atom is 0.284 e. The molecule has 0 aromatic carbocycles. The number of hydrogen-bond donors (Lipinski definition) is 2. The number of nitrogens with one attached hydrogen (secondary N) is 2. The topological polar surface area (TPSA) is 42.5 Å². The molecule has 0 aromatic heterocycles. The summed E-state index contributed by atoms with van der Waals surface area (Å²) >= 11 is 0. The lowest BCUT2D eigenvalue weighted by atomic mass is 11.6. The molecule has 0 fully saturated rings. The Labute approximate surface area is 62.8 Å². The van der Waals surface area contributed by atoms with Crippen molar-refractivity contribution in [3.8, 4) is 0 Å². The van der Waals surface area contributed by atoms with Crippen LogP contribution in [0.25, 0.3) is 0 Å². The van der Waals surface area contributed by atoms with Gasteiger partial charge in [0.1, 0.15) is 0 Å². The third-order valence-electron chi connectivity index (χ3n) is 0.659. The molecule has 7 heteroatoms. The van der Waals surface area contributed by atoms with Crippen LogP contribution in [0.1, 0.15) is 0 Å². The van der Waals surface area contributed by atoms with Gasteiger partial charge in [-0.25, -0.2) is 0 Å². The summed E-state index contributed by atoms with van der Waals surface area (Å²) in [6, 6.07) is 0. The Kier molecular flexibility index (Phi) is 8.95. The Morgan fingerprint density at radius 3 is 1.78 bits per heavy atom. The minimum Gasteiger partial charge on any atom is -0.433 e. The van der Waals surface area contributed by atoms with Crippen molar-refractivity contribution in [3.63, 3.8) is 0 Å². The molecule has 4 nitrogen and oxygen atoms in total. The largest absolute Gasteiger partial charge is 0.433 e. The zero-order valence-corrected chi connectivity index (χ0v) is 10.2. The van der Waals surface area contributed by atoms with E-state index in [0.717, 1.165) is 0 Å². The van der Waals surface area contributed by atoms with Crippen LogP contribution in [0, 0.1) is 0 Å². The van der Waals surface area contributed by atoms with Gasteiger partial charge in [-0.15, -0.1) is 0 Å². The van der Waals surface area contributed by atoms with E-state index < -0.39 is 29.9 Å². The molecule has 56 valence electrons. The summed E-state index contributed by atoms with van der Waals surface area (Å²) < 4.78 is 10.4. The zero-order valence-electron chi connectivity index (χ0n) is 5.94. The monoisotopic (exact) mass is 182 g/mol. The molecule has 0 bridgehead atoms. The Bertz CT molecular complexity index is 51.1. The van der Waals surface area contributed by atoms with Crippen LogP contribution >= 0.6 is 0 Å². The van der Waals surface area contributed by atoms with E-state index in [-0.39, 0.29) is 0 Å². The molecule has 0 amide bonds. The van der Waals surface area contributed by atoms with E-state index in [0.29, 0.717) is 0 Å². The predicted octanol–water partition coefficient (Wildman–Crippen LogP) is -3.55. The molecule has 0 radical (unpaired) electrons. The van der Waals surface area contributed by atoms with Gasteiger partial charge in [0, 0.05) is 0 Å². The first kappa shape index (κ1) is 9.49. The molecule has 0 aliphatic rings. The van der Waals surface area contributed by atoms with Crippen LogP contribution in [0.15, 0.2) is 0 Å². The van der Waals surface area contributed by atoms with Crippen molar-refractivity contribution in [2.75, 3.05) is 14.1 Å². The van der Waals surface area contributed by atoms with Gasteiger partial charge < -0.3 is 18.2 Å². The van der Waals surface area contributed by atoms with Gasteiger partial charge in [0.05, 0.1) is 0 Å². The van der Waals surface area contributed by atoms with E-state index in [1.807, 2.05) is 14.1 Å². The predicted molar refractivity (Wildman–Crippen MR) is 45.9 cm³/mol. The van der Waals surface area contributed by atoms with Gasteiger partial charge in [-0.3, -0.25) is 0 Å². The fraction of sp³-hybridized carbons (Fsp3) is 1.00. The Morgan fingerprint density at radius 1 is 1.00 bits per heavy atom. The van der Waals surface area contributed by atoms with Gasteiger partial charge in [-0.1, -0.05) is 0 Å². The molecule has 0 aliphatic carbocycles. The highest BCUT2D eigenvalue weighted by Crippen LogP contribution is 1.63. The first-order valence-corrected chi connectivity index (χ1v) is 6.59. The van der Waals surface area contributed by atoms with Crippen LogP contribution in [0.3, 0.4) is 0 Å². The van der Waals surface area contributed by atoms with Crippen molar-refractivity contribution in [3.05, 3.63) is 0 Å². The lowest BCUT2D eigenvalue weighted by molar-refractivity contribution is 0.483. The summed E-state index contributed by atoms with van der Waals surface area (Å²) in [4.78, 5) is 6.02. The van der Waals surface area contributed by atoms with Crippen LogP contribution in [-0.4, -0.2) is 44.0 Å². The average Bonchev–Trinajstić information content (AvgIpc) is 1.89. The van der Waals surface area contributed by atoms with Crippen molar-refractivity contribution in [1.29, 1.82) is 0 Å². The third-order valence-corrected chi connectivity index (χ3v) is 4.20. The van der Waals surface area contributed by atoms with Gasteiger partial charge in [-0.2, -0.15) is 0 Å². The normalized spacial score (nSPS) is 14.0. The Hall–Kier alpha value is 0.491. The number of rotatable bonds is 6. The second-order valence-electron chi connectivity index (χ2n) is 1.52. The van der Waals surface area contributed by atoms with Crippen molar-refractivity contribution >= 4 is 29.9 Å². The van der Waals surface area contributed by atoms with Gasteiger partial charge in [-0.05, 0) is 14.1 Å². The summed E-state index contributed by atoms with van der Waals surface area (Å²) in [6.07, 6.45) is 0. The van der Waals surface area contributed by atoms with Crippen LogP contribution in [-0.2, 0) is 8.23 Å². The minimum absolute atomic E-state index is 0.425. The standard InChI is InChI=1S/C2H14N2O2Si3/c1-3-7-5-9-6-8-4-2/h3-4H,7-9H2,1-2H3. The van der Waals surface area contributed by atoms with Crippen molar-refractivity contribution in [1.82, 2.24) is 9.96 Å². The quantitative estimate of drug-likeness (QED) is 0.330. The third kappa shape index (κ3) is 8.49. The van der Waals surface area contributed by atoms with E-state index in [2.05, 4.69) is 9.96 Å². The van der Waals surface area contributed by atoms with Crippen LogP contribution in [0.2, 0.25) is 0 Å². The van der Waals surface area contributed by atoms with E-state index in [4.69, 9.17) is 8.23 Å². The highest BCUT2D eigenvalue weighted by atomic mass is 28.4. The van der Waals surface area contributed by atoms with E-state index in [1.54, 1.807) is 0 Å². The van der Waals surface area contributed by atoms with Gasteiger partial charge in [0.2, 0.25) is 19.8 Å². The molecule has 2 N–H and O–H groups in total. The molecule has 9 heavy (non-hydrogen) atoms. The molecular weight excluding hydrogens is 168 g/mol. The summed E-state index contributed by atoms with van der Waals surface area (Å²) in [5.74, 6) is 0. The van der Waals surface area contributed by atoms with Gasteiger partial charge in [0.25, 0.3) is 10.0 Å². The lowest BCUT2D eigenvalue weighted by Crippen LogP contribution is -2.24. The second kappa shape index (κ2) is 8.49.